The molecule has 0 N–H and O–H groups in total. The second-order valence-corrected chi connectivity index (χ2v) is 6.19. The van der Waals surface area contributed by atoms with Crippen molar-refractivity contribution in [2.45, 2.75) is 52.6 Å². The van der Waals surface area contributed by atoms with Crippen molar-refractivity contribution in [1.82, 2.24) is 4.90 Å². The minimum atomic E-state index is 0.323. The maximum Gasteiger partial charge on any atom is 0.0155 e. The molecular formula is C12H27NS. The number of hydrogen-bond donors (Lipinski definition) is 0. The molecule has 14 heavy (non-hydrogen) atoms. The van der Waals surface area contributed by atoms with Gasteiger partial charge in [0, 0.05) is 11.6 Å². The normalized spacial score (nSPS) is 15.2. The fourth-order valence-electron chi connectivity index (χ4n) is 2.04. The quantitative estimate of drug-likeness (QED) is 0.670. The van der Waals surface area contributed by atoms with E-state index in [0.29, 0.717) is 11.6 Å². The molecular weight excluding hydrogens is 190 g/mol. The van der Waals surface area contributed by atoms with Crippen LogP contribution in [0.5, 0.6) is 0 Å². The maximum atomic E-state index is 2.48. The van der Waals surface area contributed by atoms with Gasteiger partial charge in [0.05, 0.1) is 0 Å². The Morgan fingerprint density at radius 1 is 1.21 bits per heavy atom. The van der Waals surface area contributed by atoms with Gasteiger partial charge in [-0.1, -0.05) is 6.92 Å². The molecule has 2 heteroatoms. The van der Waals surface area contributed by atoms with Crippen LogP contribution in [0, 0.1) is 5.92 Å². The Hall–Kier alpha value is 0.310. The summed E-state index contributed by atoms with van der Waals surface area (Å²) < 4.78 is 0. The first-order valence-electron chi connectivity index (χ1n) is 5.53. The number of hydrogen-bond acceptors (Lipinski definition) is 2. The van der Waals surface area contributed by atoms with Crippen LogP contribution >= 0.6 is 11.8 Å². The van der Waals surface area contributed by atoms with Gasteiger partial charge in [0.2, 0.25) is 0 Å². The van der Waals surface area contributed by atoms with Gasteiger partial charge in [-0.05, 0) is 59.1 Å². The summed E-state index contributed by atoms with van der Waals surface area (Å²) >= 11 is 1.95. The Balaban J connectivity index is 4.17. The lowest BCUT2D eigenvalue weighted by Crippen LogP contribution is -2.46. The second kappa shape index (κ2) is 6.02. The first kappa shape index (κ1) is 14.3. The van der Waals surface area contributed by atoms with E-state index in [9.17, 15) is 0 Å². The smallest absolute Gasteiger partial charge is 0.0155 e. The first-order chi connectivity index (χ1) is 6.31. The summed E-state index contributed by atoms with van der Waals surface area (Å²) in [6.07, 6.45) is 3.47. The molecule has 0 aromatic carbocycles. The van der Waals surface area contributed by atoms with Crippen molar-refractivity contribution in [3.8, 4) is 0 Å². The summed E-state index contributed by atoms with van der Waals surface area (Å²) in [7, 11) is 2.23. The molecule has 0 aliphatic rings. The van der Waals surface area contributed by atoms with Gasteiger partial charge < -0.3 is 0 Å². The third-order valence-corrected chi connectivity index (χ3v) is 3.93. The average molecular weight is 217 g/mol. The minimum absolute atomic E-state index is 0.323. The van der Waals surface area contributed by atoms with Gasteiger partial charge in [0.15, 0.2) is 0 Å². The lowest BCUT2D eigenvalue weighted by molar-refractivity contribution is 0.0979. The molecule has 1 nitrogen and oxygen atoms in total. The monoisotopic (exact) mass is 217 g/mol. The number of thioether (sulfide) groups is 1. The maximum absolute atomic E-state index is 2.48. The van der Waals surface area contributed by atoms with E-state index in [1.807, 2.05) is 11.8 Å². The Morgan fingerprint density at radius 3 is 2.07 bits per heavy atom. The SMILES string of the molecule is CSCC(C)CC(C)(C)N(C)C(C)C. The van der Waals surface area contributed by atoms with Gasteiger partial charge in [-0.3, -0.25) is 4.90 Å². The van der Waals surface area contributed by atoms with Gasteiger partial charge in [-0.25, -0.2) is 0 Å². The van der Waals surface area contributed by atoms with Crippen LogP contribution in [-0.4, -0.2) is 35.5 Å². The van der Waals surface area contributed by atoms with E-state index in [0.717, 1.165) is 5.92 Å². The molecule has 0 heterocycles. The number of rotatable bonds is 6. The highest BCUT2D eigenvalue weighted by Crippen LogP contribution is 2.25. The van der Waals surface area contributed by atoms with Crippen LogP contribution in [0.25, 0.3) is 0 Å². The van der Waals surface area contributed by atoms with E-state index < -0.39 is 0 Å². The van der Waals surface area contributed by atoms with Crippen LogP contribution in [-0.2, 0) is 0 Å². The lowest BCUT2D eigenvalue weighted by Gasteiger charge is -2.40. The van der Waals surface area contributed by atoms with Crippen LogP contribution in [0.2, 0.25) is 0 Å². The summed E-state index contributed by atoms with van der Waals surface area (Å²) in [5.74, 6) is 2.08. The Morgan fingerprint density at radius 2 is 1.71 bits per heavy atom. The minimum Gasteiger partial charge on any atom is -0.299 e. The Labute approximate surface area is 94.6 Å². The zero-order valence-electron chi connectivity index (χ0n) is 10.9. The Bertz CT molecular complexity index is 154. The van der Waals surface area contributed by atoms with Crippen molar-refractivity contribution in [2.75, 3.05) is 19.1 Å². The van der Waals surface area contributed by atoms with Crippen molar-refractivity contribution in [3.05, 3.63) is 0 Å². The molecule has 0 aromatic rings. The third-order valence-electron chi connectivity index (χ3n) is 3.03. The standard InChI is InChI=1S/C12H27NS/c1-10(2)13(6)12(4,5)8-11(3)9-14-7/h10-11H,8-9H2,1-7H3. The van der Waals surface area contributed by atoms with Crippen LogP contribution in [0.4, 0.5) is 0 Å². The summed E-state index contributed by atoms with van der Waals surface area (Å²) in [6.45, 7) is 11.6. The summed E-state index contributed by atoms with van der Waals surface area (Å²) in [5, 5.41) is 0. The van der Waals surface area contributed by atoms with Gasteiger partial charge >= 0.3 is 0 Å². The van der Waals surface area contributed by atoms with Crippen molar-refractivity contribution < 1.29 is 0 Å². The average Bonchev–Trinajstić information content (AvgIpc) is 2.02. The third kappa shape index (κ3) is 4.70. The van der Waals surface area contributed by atoms with E-state index in [1.54, 1.807) is 0 Å². The predicted molar refractivity (Wildman–Crippen MR) is 69.1 cm³/mol. The molecule has 0 saturated heterocycles. The zero-order valence-corrected chi connectivity index (χ0v) is 11.7. The van der Waals surface area contributed by atoms with E-state index in [-0.39, 0.29) is 0 Å². The fourth-order valence-corrected chi connectivity index (χ4v) is 2.73. The predicted octanol–water partition coefficient (Wildman–Crippen LogP) is 3.49. The molecule has 0 aromatic heterocycles. The van der Waals surface area contributed by atoms with Gasteiger partial charge in [0.25, 0.3) is 0 Å². The molecule has 0 radical (unpaired) electrons. The molecule has 1 unspecified atom stereocenters. The van der Waals surface area contributed by atoms with Crippen molar-refractivity contribution in [2.24, 2.45) is 5.92 Å². The molecule has 0 bridgehead atoms. The van der Waals surface area contributed by atoms with Crippen molar-refractivity contribution in [3.63, 3.8) is 0 Å². The van der Waals surface area contributed by atoms with Crippen molar-refractivity contribution >= 4 is 11.8 Å². The van der Waals surface area contributed by atoms with E-state index >= 15 is 0 Å². The molecule has 0 fully saturated rings. The highest BCUT2D eigenvalue weighted by molar-refractivity contribution is 7.98. The summed E-state index contributed by atoms with van der Waals surface area (Å²) in [6, 6.07) is 0.631. The first-order valence-corrected chi connectivity index (χ1v) is 6.92. The highest BCUT2D eigenvalue weighted by atomic mass is 32.2. The molecule has 1 atom stereocenters. The van der Waals surface area contributed by atoms with Gasteiger partial charge in [-0.2, -0.15) is 11.8 Å². The van der Waals surface area contributed by atoms with Crippen molar-refractivity contribution in [1.29, 1.82) is 0 Å². The van der Waals surface area contributed by atoms with E-state index in [2.05, 4.69) is 52.8 Å². The highest BCUT2D eigenvalue weighted by Gasteiger charge is 2.27. The zero-order chi connectivity index (χ0) is 11.4. The van der Waals surface area contributed by atoms with Crippen LogP contribution in [0.1, 0.15) is 41.0 Å². The van der Waals surface area contributed by atoms with E-state index in [1.165, 1.54) is 12.2 Å². The summed E-state index contributed by atoms with van der Waals surface area (Å²) in [4.78, 5) is 2.48. The summed E-state index contributed by atoms with van der Waals surface area (Å²) in [5.41, 5.74) is 0.323. The largest absolute Gasteiger partial charge is 0.299 e. The topological polar surface area (TPSA) is 3.24 Å². The van der Waals surface area contributed by atoms with Crippen LogP contribution in [0.3, 0.4) is 0 Å². The molecule has 0 amide bonds. The molecule has 0 aliphatic carbocycles. The second-order valence-electron chi connectivity index (χ2n) is 5.28. The van der Waals surface area contributed by atoms with Gasteiger partial charge in [0.1, 0.15) is 0 Å². The Kier molecular flexibility index (Phi) is 6.15. The molecule has 0 rings (SSSR count). The van der Waals surface area contributed by atoms with E-state index in [4.69, 9.17) is 0 Å². The fraction of sp³-hybridized carbons (Fsp3) is 1.00. The van der Waals surface area contributed by atoms with Crippen LogP contribution < -0.4 is 0 Å². The van der Waals surface area contributed by atoms with Gasteiger partial charge in [-0.15, -0.1) is 0 Å². The lowest BCUT2D eigenvalue weighted by atomic mass is 9.90. The molecule has 0 aliphatic heterocycles. The number of nitrogens with zero attached hydrogens (tertiary/aromatic N) is 1. The molecule has 0 spiro atoms. The molecule has 0 saturated carbocycles. The molecule has 86 valence electrons. The van der Waals surface area contributed by atoms with Crippen LogP contribution in [0.15, 0.2) is 0 Å².